The summed E-state index contributed by atoms with van der Waals surface area (Å²) in [5, 5.41) is 0. The summed E-state index contributed by atoms with van der Waals surface area (Å²) in [7, 11) is -3.73. The first kappa shape index (κ1) is 22.9. The number of hydrogen-bond donors (Lipinski definition) is 1. The summed E-state index contributed by atoms with van der Waals surface area (Å²) in [5.41, 5.74) is 2.57. The minimum atomic E-state index is -3.73. The second-order valence-electron chi connectivity index (χ2n) is 8.90. The zero-order chi connectivity index (χ0) is 22.8. The Morgan fingerprint density at radius 2 is 1.55 bits per heavy atom. The lowest BCUT2D eigenvalue weighted by Crippen LogP contribution is -2.50. The maximum absolute atomic E-state index is 13.0. The van der Waals surface area contributed by atoms with Gasteiger partial charge in [0.15, 0.2) is 0 Å². The van der Waals surface area contributed by atoms with Gasteiger partial charge in [-0.1, -0.05) is 18.2 Å². The second kappa shape index (κ2) is 8.78. The van der Waals surface area contributed by atoms with Crippen LogP contribution in [0.4, 0.5) is 16.2 Å². The minimum absolute atomic E-state index is 0.245. The highest BCUT2D eigenvalue weighted by Gasteiger charge is 2.27. The molecule has 1 aliphatic rings. The van der Waals surface area contributed by atoms with Gasteiger partial charge in [-0.3, -0.25) is 4.72 Å². The van der Waals surface area contributed by atoms with E-state index in [9.17, 15) is 13.2 Å². The molecule has 0 aliphatic carbocycles. The monoisotopic (exact) mass is 445 g/mol. The van der Waals surface area contributed by atoms with Crippen LogP contribution in [0.15, 0.2) is 47.4 Å². The Kier molecular flexibility index (Phi) is 6.50. The van der Waals surface area contributed by atoms with E-state index in [0.29, 0.717) is 31.9 Å². The number of aryl methyl sites for hydroxylation is 2. The highest BCUT2D eigenvalue weighted by molar-refractivity contribution is 7.92. The van der Waals surface area contributed by atoms with Crippen molar-refractivity contribution in [2.75, 3.05) is 35.8 Å². The zero-order valence-corrected chi connectivity index (χ0v) is 19.6. The summed E-state index contributed by atoms with van der Waals surface area (Å²) in [6.07, 6.45) is -0.323. The quantitative estimate of drug-likeness (QED) is 0.764. The summed E-state index contributed by atoms with van der Waals surface area (Å²) in [6, 6.07) is 12.6. The zero-order valence-electron chi connectivity index (χ0n) is 18.8. The van der Waals surface area contributed by atoms with Gasteiger partial charge in [0.25, 0.3) is 10.0 Å². The molecular formula is C23H31N3O4S. The van der Waals surface area contributed by atoms with Crippen molar-refractivity contribution in [2.24, 2.45) is 0 Å². The Balaban J connectivity index is 1.75. The number of carbonyl (C=O) groups excluding carboxylic acids is 1. The van der Waals surface area contributed by atoms with Gasteiger partial charge in [-0.2, -0.15) is 0 Å². The van der Waals surface area contributed by atoms with Crippen molar-refractivity contribution in [2.45, 2.75) is 45.1 Å². The van der Waals surface area contributed by atoms with Gasteiger partial charge in [-0.05, 0) is 70.0 Å². The molecule has 1 saturated heterocycles. The van der Waals surface area contributed by atoms with Crippen LogP contribution in [0.2, 0.25) is 0 Å². The first-order chi connectivity index (χ1) is 14.4. The lowest BCUT2D eigenvalue weighted by Gasteiger charge is -2.37. The van der Waals surface area contributed by atoms with Crippen molar-refractivity contribution in [1.29, 1.82) is 0 Å². The van der Waals surface area contributed by atoms with Crippen LogP contribution in [0, 0.1) is 13.8 Å². The fourth-order valence-corrected chi connectivity index (χ4v) is 4.85. The predicted octanol–water partition coefficient (Wildman–Crippen LogP) is 4.16. The fourth-order valence-electron chi connectivity index (χ4n) is 3.58. The molecule has 7 nitrogen and oxygen atoms in total. The van der Waals surface area contributed by atoms with Crippen LogP contribution in [-0.4, -0.2) is 51.2 Å². The van der Waals surface area contributed by atoms with Crippen LogP contribution in [-0.2, 0) is 14.8 Å². The van der Waals surface area contributed by atoms with E-state index >= 15 is 0 Å². The third-order valence-electron chi connectivity index (χ3n) is 4.93. The maximum atomic E-state index is 13.0. The number of hydrogen-bond acceptors (Lipinski definition) is 5. The molecule has 1 amide bonds. The van der Waals surface area contributed by atoms with E-state index in [0.717, 1.165) is 16.8 Å². The number of anilines is 2. The van der Waals surface area contributed by atoms with Crippen LogP contribution in [0.25, 0.3) is 0 Å². The van der Waals surface area contributed by atoms with Crippen LogP contribution in [0.5, 0.6) is 0 Å². The Hall–Kier alpha value is -2.74. The number of ether oxygens (including phenoxy) is 1. The number of nitrogens with one attached hydrogen (secondary N) is 1. The van der Waals surface area contributed by atoms with Crippen molar-refractivity contribution in [3.8, 4) is 0 Å². The molecule has 0 spiro atoms. The van der Waals surface area contributed by atoms with Crippen molar-refractivity contribution < 1.29 is 17.9 Å². The molecule has 3 rings (SSSR count). The van der Waals surface area contributed by atoms with Gasteiger partial charge >= 0.3 is 6.09 Å². The summed E-state index contributed by atoms with van der Waals surface area (Å²) in [5.74, 6) is 0. The summed E-state index contributed by atoms with van der Waals surface area (Å²) in [4.78, 5) is 16.3. The molecule has 0 radical (unpaired) electrons. The molecular weight excluding hydrogens is 414 g/mol. The standard InChI is InChI=1S/C23H31N3O4S/c1-17-14-18(2)16-19(15-17)31(28,29)24-20-8-6-7-9-21(20)25-10-12-26(13-11-25)22(27)30-23(3,4)5/h6-9,14-16,24H,10-13H2,1-5H3. The average Bonchev–Trinajstić information content (AvgIpc) is 2.66. The fraction of sp³-hybridized carbons (Fsp3) is 0.435. The first-order valence-electron chi connectivity index (χ1n) is 10.4. The molecule has 2 aromatic rings. The largest absolute Gasteiger partial charge is 0.444 e. The highest BCUT2D eigenvalue weighted by atomic mass is 32.2. The Morgan fingerprint density at radius 1 is 0.968 bits per heavy atom. The van der Waals surface area contributed by atoms with Gasteiger partial charge in [0.1, 0.15) is 5.60 Å². The van der Waals surface area contributed by atoms with E-state index in [-0.39, 0.29) is 11.0 Å². The maximum Gasteiger partial charge on any atom is 0.410 e. The van der Waals surface area contributed by atoms with Gasteiger partial charge in [0.05, 0.1) is 16.3 Å². The van der Waals surface area contributed by atoms with Crippen LogP contribution >= 0.6 is 0 Å². The molecule has 1 fully saturated rings. The summed E-state index contributed by atoms with van der Waals surface area (Å²) in [6.45, 7) is 11.5. The van der Waals surface area contributed by atoms with Gasteiger partial charge in [-0.25, -0.2) is 13.2 Å². The van der Waals surface area contributed by atoms with Crippen molar-refractivity contribution in [1.82, 2.24) is 4.90 Å². The highest BCUT2D eigenvalue weighted by Crippen LogP contribution is 2.29. The van der Waals surface area contributed by atoms with Crippen molar-refractivity contribution in [3.05, 3.63) is 53.6 Å². The smallest absolute Gasteiger partial charge is 0.410 e. The Bertz CT molecular complexity index is 1030. The molecule has 0 atom stereocenters. The van der Waals surface area contributed by atoms with Crippen molar-refractivity contribution >= 4 is 27.5 Å². The van der Waals surface area contributed by atoms with Crippen LogP contribution < -0.4 is 9.62 Å². The number of benzene rings is 2. The van der Waals surface area contributed by atoms with Crippen molar-refractivity contribution in [3.63, 3.8) is 0 Å². The molecule has 1 aliphatic heterocycles. The SMILES string of the molecule is Cc1cc(C)cc(S(=O)(=O)Nc2ccccc2N2CCN(C(=O)OC(C)(C)C)CC2)c1. The first-order valence-corrected chi connectivity index (χ1v) is 11.9. The third-order valence-corrected chi connectivity index (χ3v) is 6.27. The van der Waals surface area contributed by atoms with Gasteiger partial charge in [-0.15, -0.1) is 0 Å². The molecule has 168 valence electrons. The number of carbonyl (C=O) groups is 1. The number of amides is 1. The number of rotatable bonds is 4. The van der Waals surface area contributed by atoms with Gasteiger partial charge in [0, 0.05) is 26.2 Å². The molecule has 8 heteroatoms. The van der Waals surface area contributed by atoms with E-state index in [1.54, 1.807) is 29.2 Å². The summed E-state index contributed by atoms with van der Waals surface area (Å²) >= 11 is 0. The second-order valence-corrected chi connectivity index (χ2v) is 10.6. The average molecular weight is 446 g/mol. The normalized spacial score (nSPS) is 15.0. The molecule has 0 unspecified atom stereocenters. The number of nitrogens with zero attached hydrogens (tertiary/aromatic N) is 2. The van der Waals surface area contributed by atoms with E-state index in [1.807, 2.05) is 52.8 Å². The molecule has 0 bridgehead atoms. The molecule has 2 aromatic carbocycles. The summed E-state index contributed by atoms with van der Waals surface area (Å²) < 4.78 is 34.2. The van der Waals surface area contributed by atoms with E-state index in [2.05, 4.69) is 9.62 Å². The van der Waals surface area contributed by atoms with Crippen LogP contribution in [0.3, 0.4) is 0 Å². The molecule has 1 N–H and O–H groups in total. The number of sulfonamides is 1. The molecule has 31 heavy (non-hydrogen) atoms. The van der Waals surface area contributed by atoms with Gasteiger partial charge < -0.3 is 14.5 Å². The number of para-hydroxylation sites is 2. The Labute approximate surface area is 185 Å². The lowest BCUT2D eigenvalue weighted by atomic mass is 10.2. The van der Waals surface area contributed by atoms with E-state index in [4.69, 9.17) is 4.74 Å². The topological polar surface area (TPSA) is 79.0 Å². The predicted molar refractivity (Wildman–Crippen MR) is 123 cm³/mol. The van der Waals surface area contributed by atoms with Crippen LogP contribution in [0.1, 0.15) is 31.9 Å². The third kappa shape index (κ3) is 5.91. The lowest BCUT2D eigenvalue weighted by molar-refractivity contribution is 0.0240. The van der Waals surface area contributed by atoms with Gasteiger partial charge in [0.2, 0.25) is 0 Å². The van der Waals surface area contributed by atoms with E-state index < -0.39 is 15.6 Å². The molecule has 0 aromatic heterocycles. The minimum Gasteiger partial charge on any atom is -0.444 e. The number of piperazine rings is 1. The molecule has 0 saturated carbocycles. The van der Waals surface area contributed by atoms with E-state index in [1.165, 1.54) is 0 Å². The Morgan fingerprint density at radius 3 is 2.13 bits per heavy atom. The molecule has 1 heterocycles.